The van der Waals surface area contributed by atoms with Crippen molar-refractivity contribution < 1.29 is 31.9 Å². The van der Waals surface area contributed by atoms with Crippen molar-refractivity contribution in [3.05, 3.63) is 63.1 Å². The number of aromatic nitrogens is 1. The Morgan fingerprint density at radius 1 is 1.23 bits per heavy atom. The summed E-state index contributed by atoms with van der Waals surface area (Å²) in [5, 5.41) is 12.4. The predicted octanol–water partition coefficient (Wildman–Crippen LogP) is 5.66. The minimum atomic E-state index is -4.81. The van der Waals surface area contributed by atoms with E-state index in [4.69, 9.17) is 23.2 Å². The Balaban J connectivity index is 1.99. The summed E-state index contributed by atoms with van der Waals surface area (Å²) in [5.74, 6) is -1.82. The number of nitrogens with one attached hydrogen (secondary N) is 1. The van der Waals surface area contributed by atoms with Crippen molar-refractivity contribution in [2.24, 2.45) is 0 Å². The fourth-order valence-electron chi connectivity index (χ4n) is 3.61. The van der Waals surface area contributed by atoms with E-state index in [9.17, 15) is 31.9 Å². The van der Waals surface area contributed by atoms with Crippen LogP contribution in [0.3, 0.4) is 0 Å². The number of hydrogen-bond donors (Lipinski definition) is 2. The third kappa shape index (κ3) is 5.10. The number of pyridine rings is 1. The molecule has 0 spiro atoms. The van der Waals surface area contributed by atoms with Gasteiger partial charge in [0.05, 0.1) is 27.3 Å². The number of nitrogens with zero attached hydrogens (tertiary/aromatic N) is 1. The lowest BCUT2D eigenvalue weighted by Gasteiger charge is -2.40. The minimum absolute atomic E-state index is 0.0142. The molecule has 1 aromatic carbocycles. The molecule has 2 N–H and O–H groups in total. The second kappa shape index (κ2) is 8.88. The Bertz CT molecular complexity index is 979. The molecule has 1 heterocycles. The van der Waals surface area contributed by atoms with E-state index in [2.05, 4.69) is 10.3 Å². The maximum atomic E-state index is 13.6. The number of alkyl halides is 4. The van der Waals surface area contributed by atoms with Crippen LogP contribution in [0, 0.1) is 5.82 Å². The summed E-state index contributed by atoms with van der Waals surface area (Å²) in [7, 11) is 0. The third-order valence-electron chi connectivity index (χ3n) is 5.28. The highest BCUT2D eigenvalue weighted by molar-refractivity contribution is 6.34. The highest BCUT2D eigenvalue weighted by Gasteiger charge is 2.43. The lowest BCUT2D eigenvalue weighted by molar-refractivity contribution is -0.137. The van der Waals surface area contributed by atoms with Gasteiger partial charge in [-0.05, 0) is 49.4 Å². The van der Waals surface area contributed by atoms with Gasteiger partial charge in [-0.15, -0.1) is 0 Å². The summed E-state index contributed by atoms with van der Waals surface area (Å²) in [6, 6.07) is 2.89. The van der Waals surface area contributed by atoms with E-state index in [1.54, 1.807) is 0 Å². The van der Waals surface area contributed by atoms with E-state index >= 15 is 0 Å². The molecule has 1 unspecified atom stereocenters. The van der Waals surface area contributed by atoms with Gasteiger partial charge in [0.25, 0.3) is 5.91 Å². The number of halogens is 7. The zero-order valence-corrected chi connectivity index (χ0v) is 17.3. The van der Waals surface area contributed by atoms with Gasteiger partial charge in [0.1, 0.15) is 17.7 Å². The molecule has 1 aliphatic rings. The maximum absolute atomic E-state index is 13.6. The van der Waals surface area contributed by atoms with E-state index < -0.39 is 52.0 Å². The smallest absolute Gasteiger partial charge is 0.387 e. The zero-order valence-electron chi connectivity index (χ0n) is 15.8. The average Bonchev–Trinajstić information content (AvgIpc) is 2.70. The molecule has 0 saturated heterocycles. The molecule has 3 rings (SSSR count). The molecule has 0 bridgehead atoms. The van der Waals surface area contributed by atoms with Crippen LogP contribution >= 0.6 is 23.2 Å². The molecule has 0 radical (unpaired) electrons. The van der Waals surface area contributed by atoms with Crippen LogP contribution in [0.25, 0.3) is 0 Å². The highest BCUT2D eigenvalue weighted by Crippen LogP contribution is 2.41. The SMILES string of the molecule is O=C(NC(c1ccc(F)c(Cl)c1)[C@]1(O)CC[C@@H](F)CC1)c1nccc(C(F)(F)F)c1Cl. The van der Waals surface area contributed by atoms with Crippen molar-refractivity contribution in [1.29, 1.82) is 0 Å². The Morgan fingerprint density at radius 3 is 2.45 bits per heavy atom. The lowest BCUT2D eigenvalue weighted by Crippen LogP contribution is -2.48. The van der Waals surface area contributed by atoms with Crippen LogP contribution in [0.15, 0.2) is 30.5 Å². The van der Waals surface area contributed by atoms with Gasteiger partial charge in [0, 0.05) is 6.20 Å². The molecular weight excluding hydrogens is 466 g/mol. The molecule has 1 aliphatic carbocycles. The van der Waals surface area contributed by atoms with Crippen molar-refractivity contribution >= 4 is 29.1 Å². The summed E-state index contributed by atoms with van der Waals surface area (Å²) in [5.41, 5.74) is -3.39. The first-order valence-corrected chi connectivity index (χ1v) is 10.0. The van der Waals surface area contributed by atoms with Crippen LogP contribution in [-0.4, -0.2) is 27.8 Å². The number of rotatable bonds is 4. The zero-order chi connectivity index (χ0) is 23.0. The molecule has 1 saturated carbocycles. The molecule has 4 nitrogen and oxygen atoms in total. The molecule has 1 aromatic heterocycles. The minimum Gasteiger partial charge on any atom is -0.387 e. The molecule has 168 valence electrons. The monoisotopic (exact) mass is 482 g/mol. The van der Waals surface area contributed by atoms with Gasteiger partial charge in [0.2, 0.25) is 0 Å². The van der Waals surface area contributed by atoms with Gasteiger partial charge < -0.3 is 10.4 Å². The van der Waals surface area contributed by atoms with Crippen molar-refractivity contribution in [3.63, 3.8) is 0 Å². The van der Waals surface area contributed by atoms with Gasteiger partial charge in [-0.2, -0.15) is 13.2 Å². The molecule has 1 atom stereocenters. The van der Waals surface area contributed by atoms with E-state index in [1.165, 1.54) is 12.1 Å². The van der Waals surface area contributed by atoms with Crippen LogP contribution in [0.1, 0.15) is 53.3 Å². The number of amides is 1. The number of carbonyl (C=O) groups is 1. The van der Waals surface area contributed by atoms with Crippen molar-refractivity contribution in [2.75, 3.05) is 0 Å². The van der Waals surface area contributed by atoms with E-state index in [-0.39, 0.29) is 36.3 Å². The third-order valence-corrected chi connectivity index (χ3v) is 5.95. The van der Waals surface area contributed by atoms with Gasteiger partial charge >= 0.3 is 6.18 Å². The van der Waals surface area contributed by atoms with E-state index in [0.29, 0.717) is 6.07 Å². The molecule has 0 aliphatic heterocycles. The summed E-state index contributed by atoms with van der Waals surface area (Å²) < 4.78 is 66.6. The van der Waals surface area contributed by atoms with Crippen LogP contribution in [0.2, 0.25) is 10.0 Å². The highest BCUT2D eigenvalue weighted by atomic mass is 35.5. The summed E-state index contributed by atoms with van der Waals surface area (Å²) in [4.78, 5) is 16.5. The van der Waals surface area contributed by atoms with Crippen LogP contribution in [-0.2, 0) is 6.18 Å². The molecule has 2 aromatic rings. The van der Waals surface area contributed by atoms with Gasteiger partial charge in [-0.1, -0.05) is 29.3 Å². The summed E-state index contributed by atoms with van der Waals surface area (Å²) >= 11 is 11.6. The van der Waals surface area contributed by atoms with Crippen LogP contribution in [0.5, 0.6) is 0 Å². The largest absolute Gasteiger partial charge is 0.417 e. The normalized spacial score (nSPS) is 22.8. The number of benzene rings is 1. The second-order valence-electron chi connectivity index (χ2n) is 7.38. The van der Waals surface area contributed by atoms with Crippen molar-refractivity contribution in [2.45, 2.75) is 49.7 Å². The maximum Gasteiger partial charge on any atom is 0.417 e. The molecule has 1 amide bonds. The summed E-state index contributed by atoms with van der Waals surface area (Å²) in [6.45, 7) is 0. The Labute approximate surface area is 184 Å². The molecular formula is C20H17Cl2F5N2O2. The standard InChI is InChI=1S/C20H17Cl2F5N2O2/c21-13-9-10(1-2-14(13)24)17(19(31)6-3-11(23)4-7-19)29-18(30)16-15(22)12(5-8-28-16)20(25,26)27/h1-2,5,8-9,11,17,31H,3-4,6-7H2,(H,29,30)/t11-,17?,19+. The first-order chi connectivity index (χ1) is 14.4. The average molecular weight is 483 g/mol. The number of carbonyl (C=O) groups excluding carboxylic acids is 1. The van der Waals surface area contributed by atoms with Crippen molar-refractivity contribution in [1.82, 2.24) is 10.3 Å². The number of hydrogen-bond acceptors (Lipinski definition) is 3. The fraction of sp³-hybridized carbons (Fsp3) is 0.400. The second-order valence-corrected chi connectivity index (χ2v) is 8.16. The molecule has 31 heavy (non-hydrogen) atoms. The first kappa shape index (κ1) is 23.7. The van der Waals surface area contributed by atoms with Crippen LogP contribution in [0.4, 0.5) is 22.0 Å². The number of aliphatic hydroxyl groups is 1. The topological polar surface area (TPSA) is 62.2 Å². The Kier molecular flexibility index (Phi) is 6.78. The fourth-order valence-corrected chi connectivity index (χ4v) is 4.11. The predicted molar refractivity (Wildman–Crippen MR) is 104 cm³/mol. The van der Waals surface area contributed by atoms with Gasteiger partial charge in [-0.25, -0.2) is 13.8 Å². The first-order valence-electron chi connectivity index (χ1n) is 9.26. The van der Waals surface area contributed by atoms with Crippen molar-refractivity contribution in [3.8, 4) is 0 Å². The Morgan fingerprint density at radius 2 is 1.87 bits per heavy atom. The van der Waals surface area contributed by atoms with E-state index in [1.807, 2.05) is 0 Å². The summed E-state index contributed by atoms with van der Waals surface area (Å²) in [6.07, 6.45) is -5.21. The molecule has 11 heteroatoms. The van der Waals surface area contributed by atoms with E-state index in [0.717, 1.165) is 12.3 Å². The van der Waals surface area contributed by atoms with Gasteiger partial charge in [-0.3, -0.25) is 4.79 Å². The lowest BCUT2D eigenvalue weighted by atomic mass is 9.76. The molecule has 1 fully saturated rings. The Hall–Kier alpha value is -1.97. The van der Waals surface area contributed by atoms with Gasteiger partial charge in [0.15, 0.2) is 0 Å². The quantitative estimate of drug-likeness (QED) is 0.552. The van der Waals surface area contributed by atoms with Crippen LogP contribution < -0.4 is 5.32 Å².